The zero-order valence-electron chi connectivity index (χ0n) is 14.8. The molecule has 146 valence electrons. The van der Waals surface area contributed by atoms with Gasteiger partial charge in [0.2, 0.25) is 10.0 Å². The Labute approximate surface area is 172 Å². The minimum atomic E-state index is -3.44. The first-order valence-corrected chi connectivity index (χ1v) is 11.5. The summed E-state index contributed by atoms with van der Waals surface area (Å²) in [5, 5.41) is 5.19. The van der Waals surface area contributed by atoms with Gasteiger partial charge in [0.25, 0.3) is 5.89 Å². The van der Waals surface area contributed by atoms with Crippen LogP contribution in [0.1, 0.15) is 18.7 Å². The van der Waals surface area contributed by atoms with Crippen molar-refractivity contribution in [2.24, 2.45) is 0 Å². The Morgan fingerprint density at radius 1 is 1.14 bits per heavy atom. The highest BCUT2D eigenvalue weighted by Gasteiger charge is 2.27. The molecular weight excluding hydrogens is 420 g/mol. The van der Waals surface area contributed by atoms with Crippen molar-refractivity contribution in [3.8, 4) is 11.5 Å². The maximum Gasteiger partial charge on any atom is 0.259 e. The number of hydrogen-bond acceptors (Lipinski definition) is 7. The molecule has 0 spiro atoms. The average Bonchev–Trinajstić information content (AvgIpc) is 3.40. The maximum absolute atomic E-state index is 12.5. The highest BCUT2D eigenvalue weighted by atomic mass is 35.5. The molecule has 4 rings (SSSR count). The summed E-state index contributed by atoms with van der Waals surface area (Å²) in [6.45, 7) is 1.15. The second-order valence-corrected chi connectivity index (χ2v) is 9.57. The molecule has 0 saturated carbocycles. The Bertz CT molecular complexity index is 1060. The largest absolute Gasteiger partial charge is 0.334 e. The van der Waals surface area contributed by atoms with Crippen LogP contribution in [0.3, 0.4) is 0 Å². The lowest BCUT2D eigenvalue weighted by Crippen LogP contribution is -2.27. The highest BCUT2D eigenvalue weighted by molar-refractivity contribution is 7.98. The van der Waals surface area contributed by atoms with Gasteiger partial charge in [-0.25, -0.2) is 13.4 Å². The molecule has 0 radical (unpaired) electrons. The second-order valence-electron chi connectivity index (χ2n) is 6.23. The quantitative estimate of drug-likeness (QED) is 0.542. The van der Waals surface area contributed by atoms with E-state index in [1.807, 2.05) is 18.2 Å². The molecule has 1 aromatic carbocycles. The van der Waals surface area contributed by atoms with Crippen LogP contribution in [0.4, 0.5) is 0 Å². The Balaban J connectivity index is 1.41. The first-order chi connectivity index (χ1) is 13.5. The van der Waals surface area contributed by atoms with Crippen LogP contribution in [-0.2, 0) is 15.8 Å². The van der Waals surface area contributed by atoms with Crippen molar-refractivity contribution < 1.29 is 12.9 Å². The molecule has 1 saturated heterocycles. The molecule has 1 aliphatic heterocycles. The zero-order valence-corrected chi connectivity index (χ0v) is 17.2. The van der Waals surface area contributed by atoms with Crippen molar-refractivity contribution in [2.45, 2.75) is 28.5 Å². The summed E-state index contributed by atoms with van der Waals surface area (Å²) in [5.41, 5.74) is 0.683. The predicted octanol–water partition coefficient (Wildman–Crippen LogP) is 3.86. The minimum absolute atomic E-state index is 0.222. The molecular formula is C18H17ClN4O3S2. The molecule has 0 aliphatic carbocycles. The van der Waals surface area contributed by atoms with Crippen molar-refractivity contribution in [2.75, 3.05) is 13.1 Å². The van der Waals surface area contributed by atoms with Gasteiger partial charge >= 0.3 is 0 Å². The number of halogens is 1. The molecule has 1 fully saturated rings. The fraction of sp³-hybridized carbons (Fsp3) is 0.278. The number of benzene rings is 1. The molecule has 7 nitrogen and oxygen atoms in total. The number of nitrogens with zero attached hydrogens (tertiary/aromatic N) is 4. The van der Waals surface area contributed by atoms with Crippen LogP contribution in [0.15, 0.2) is 57.0 Å². The Kier molecular flexibility index (Phi) is 5.68. The maximum atomic E-state index is 12.5. The van der Waals surface area contributed by atoms with Crippen molar-refractivity contribution in [1.29, 1.82) is 0 Å². The van der Waals surface area contributed by atoms with E-state index in [4.69, 9.17) is 16.1 Å². The zero-order chi connectivity index (χ0) is 19.6. The monoisotopic (exact) mass is 436 g/mol. The number of sulfonamides is 1. The van der Waals surface area contributed by atoms with Crippen molar-refractivity contribution in [3.63, 3.8) is 0 Å². The molecule has 3 aromatic rings. The van der Waals surface area contributed by atoms with Gasteiger partial charge in [-0.2, -0.15) is 9.29 Å². The molecule has 0 atom stereocenters. The molecule has 1 aliphatic rings. The number of rotatable bonds is 6. The van der Waals surface area contributed by atoms with E-state index in [0.29, 0.717) is 46.2 Å². The van der Waals surface area contributed by atoms with Gasteiger partial charge in [-0.15, -0.1) is 0 Å². The Hall–Kier alpha value is -1.94. The van der Waals surface area contributed by atoms with E-state index in [0.717, 1.165) is 12.8 Å². The lowest BCUT2D eigenvalue weighted by Gasteiger charge is -2.15. The first kappa shape index (κ1) is 19.4. The van der Waals surface area contributed by atoms with Gasteiger partial charge in [0.1, 0.15) is 4.90 Å². The summed E-state index contributed by atoms with van der Waals surface area (Å²) in [4.78, 5) is 8.83. The van der Waals surface area contributed by atoms with E-state index in [2.05, 4.69) is 15.1 Å². The summed E-state index contributed by atoms with van der Waals surface area (Å²) < 4.78 is 31.8. The summed E-state index contributed by atoms with van der Waals surface area (Å²) in [6, 6.07) is 10.5. The lowest BCUT2D eigenvalue weighted by atomic mass is 10.2. The molecule has 2 aromatic heterocycles. The number of aromatic nitrogens is 3. The molecule has 10 heteroatoms. The van der Waals surface area contributed by atoms with Crippen LogP contribution in [0.2, 0.25) is 5.02 Å². The van der Waals surface area contributed by atoms with E-state index < -0.39 is 10.0 Å². The van der Waals surface area contributed by atoms with E-state index in [1.54, 1.807) is 18.2 Å². The normalized spacial score (nSPS) is 15.2. The topological polar surface area (TPSA) is 89.2 Å². The standard InChI is InChI=1S/C18H17ClN4O3S2/c19-15-6-2-1-5-14(15)18-21-16(22-26-18)12-27-17-8-7-13(11-20-17)28(24,25)23-9-3-4-10-23/h1-2,5-8,11H,3-4,9-10,12H2. The minimum Gasteiger partial charge on any atom is -0.334 e. The van der Waals surface area contributed by atoms with Crippen LogP contribution in [0, 0.1) is 0 Å². The van der Waals surface area contributed by atoms with Gasteiger partial charge in [0.15, 0.2) is 5.82 Å². The highest BCUT2D eigenvalue weighted by Crippen LogP contribution is 2.28. The van der Waals surface area contributed by atoms with Crippen LogP contribution in [0.5, 0.6) is 0 Å². The molecule has 0 bridgehead atoms. The van der Waals surface area contributed by atoms with Gasteiger partial charge in [-0.3, -0.25) is 0 Å². The van der Waals surface area contributed by atoms with Gasteiger partial charge in [-0.1, -0.05) is 40.7 Å². The van der Waals surface area contributed by atoms with Crippen LogP contribution < -0.4 is 0 Å². The number of hydrogen-bond donors (Lipinski definition) is 0. The Morgan fingerprint density at radius 2 is 1.93 bits per heavy atom. The third kappa shape index (κ3) is 4.07. The summed E-state index contributed by atoms with van der Waals surface area (Å²) in [7, 11) is -3.44. The van der Waals surface area contributed by atoms with Crippen molar-refractivity contribution >= 4 is 33.4 Å². The fourth-order valence-corrected chi connectivity index (χ4v) is 5.24. The van der Waals surface area contributed by atoms with Crippen LogP contribution in [-0.4, -0.2) is 40.9 Å². The third-order valence-electron chi connectivity index (χ3n) is 4.33. The van der Waals surface area contributed by atoms with Crippen LogP contribution in [0.25, 0.3) is 11.5 Å². The van der Waals surface area contributed by atoms with Crippen molar-refractivity contribution in [3.05, 3.63) is 53.4 Å². The van der Waals surface area contributed by atoms with E-state index >= 15 is 0 Å². The number of thioether (sulfide) groups is 1. The van der Waals surface area contributed by atoms with Gasteiger partial charge in [-0.05, 0) is 37.1 Å². The molecule has 28 heavy (non-hydrogen) atoms. The van der Waals surface area contributed by atoms with E-state index in [-0.39, 0.29) is 4.90 Å². The first-order valence-electron chi connectivity index (χ1n) is 8.70. The average molecular weight is 437 g/mol. The molecule has 0 N–H and O–H groups in total. The fourth-order valence-electron chi connectivity index (χ4n) is 2.88. The molecule has 0 amide bonds. The van der Waals surface area contributed by atoms with Gasteiger partial charge < -0.3 is 4.52 Å². The van der Waals surface area contributed by atoms with Gasteiger partial charge in [0.05, 0.1) is 21.4 Å². The smallest absolute Gasteiger partial charge is 0.259 e. The number of pyridine rings is 1. The van der Waals surface area contributed by atoms with E-state index in [1.165, 1.54) is 22.3 Å². The SMILES string of the molecule is O=S(=O)(c1ccc(SCc2noc(-c3ccccc3Cl)n2)nc1)N1CCCC1. The summed E-state index contributed by atoms with van der Waals surface area (Å²) >= 11 is 7.54. The van der Waals surface area contributed by atoms with Crippen LogP contribution >= 0.6 is 23.4 Å². The molecule has 3 heterocycles. The predicted molar refractivity (Wildman–Crippen MR) is 107 cm³/mol. The van der Waals surface area contributed by atoms with E-state index in [9.17, 15) is 8.42 Å². The molecule has 0 unspecified atom stereocenters. The lowest BCUT2D eigenvalue weighted by molar-refractivity contribution is 0.425. The summed E-state index contributed by atoms with van der Waals surface area (Å²) in [6.07, 6.45) is 3.21. The second kappa shape index (κ2) is 8.20. The van der Waals surface area contributed by atoms with Crippen molar-refractivity contribution in [1.82, 2.24) is 19.4 Å². The Morgan fingerprint density at radius 3 is 2.64 bits per heavy atom. The summed E-state index contributed by atoms with van der Waals surface area (Å²) in [5.74, 6) is 1.32. The third-order valence-corrected chi connectivity index (χ3v) is 7.49. The van der Waals surface area contributed by atoms with Gasteiger partial charge in [0, 0.05) is 19.3 Å².